The number of hydrogen-bond donors (Lipinski definition) is 0. The van der Waals surface area contributed by atoms with Crippen molar-refractivity contribution in [3.05, 3.63) is 100 Å². The number of para-hydroxylation sites is 1. The van der Waals surface area contributed by atoms with E-state index in [4.69, 9.17) is 0 Å². The SMILES string of the molecule is C[N+](C)(Cc1ccc([N+](=O)[O-])cc1)c1ccccc1.Cc1ccc(S(=O)(=O)[O-])cc1. The summed E-state index contributed by atoms with van der Waals surface area (Å²) in [5.41, 5.74) is 3.35. The maximum atomic E-state index is 10.6. The van der Waals surface area contributed by atoms with Crippen LogP contribution in [-0.2, 0) is 16.7 Å². The Morgan fingerprint density at radius 3 is 1.87 bits per heavy atom. The number of quaternary nitrogens is 1. The molecule has 0 aliphatic heterocycles. The summed E-state index contributed by atoms with van der Waals surface area (Å²) in [7, 11) is -0.0260. The normalized spacial score (nSPS) is 11.3. The molecule has 0 saturated carbocycles. The Kier molecular flexibility index (Phi) is 7.44. The molecule has 158 valence electrons. The van der Waals surface area contributed by atoms with Gasteiger partial charge in [0.2, 0.25) is 0 Å². The van der Waals surface area contributed by atoms with Gasteiger partial charge in [-0.25, -0.2) is 8.42 Å². The molecule has 0 fully saturated rings. The van der Waals surface area contributed by atoms with E-state index in [1.165, 1.54) is 17.8 Å². The minimum atomic E-state index is -4.27. The van der Waals surface area contributed by atoms with Crippen molar-refractivity contribution in [1.82, 2.24) is 4.48 Å². The zero-order valence-electron chi connectivity index (χ0n) is 17.1. The summed E-state index contributed by atoms with van der Waals surface area (Å²) < 4.78 is 31.9. The maximum absolute atomic E-state index is 10.6. The van der Waals surface area contributed by atoms with Crippen molar-refractivity contribution in [3.63, 3.8) is 0 Å². The molecule has 30 heavy (non-hydrogen) atoms. The number of non-ortho nitro benzene ring substituents is 1. The van der Waals surface area contributed by atoms with Crippen molar-refractivity contribution in [1.29, 1.82) is 0 Å². The molecule has 0 aliphatic rings. The molecule has 0 atom stereocenters. The Bertz CT molecular complexity index is 1080. The van der Waals surface area contributed by atoms with Gasteiger partial charge in [-0.1, -0.05) is 35.9 Å². The Hall–Kier alpha value is -3.07. The average Bonchev–Trinajstić information content (AvgIpc) is 2.69. The average molecular weight is 429 g/mol. The molecule has 0 aromatic heterocycles. The molecule has 0 unspecified atom stereocenters. The largest absolute Gasteiger partial charge is 0.744 e. The van der Waals surface area contributed by atoms with E-state index in [-0.39, 0.29) is 15.5 Å². The molecule has 8 heteroatoms. The van der Waals surface area contributed by atoms with Crippen LogP contribution in [0.4, 0.5) is 11.4 Å². The third kappa shape index (κ3) is 6.77. The lowest BCUT2D eigenvalue weighted by atomic mass is 10.1. The Balaban J connectivity index is 0.000000248. The topological polar surface area (TPSA) is 100 Å². The van der Waals surface area contributed by atoms with E-state index >= 15 is 0 Å². The highest BCUT2D eigenvalue weighted by molar-refractivity contribution is 7.85. The smallest absolute Gasteiger partial charge is 0.269 e. The summed E-state index contributed by atoms with van der Waals surface area (Å²) in [5.74, 6) is 0. The number of nitro groups is 1. The van der Waals surface area contributed by atoms with Gasteiger partial charge in [-0.15, -0.1) is 0 Å². The first-order chi connectivity index (χ1) is 14.0. The Morgan fingerprint density at radius 2 is 1.40 bits per heavy atom. The zero-order chi connectivity index (χ0) is 22.4. The summed E-state index contributed by atoms with van der Waals surface area (Å²) >= 11 is 0. The van der Waals surface area contributed by atoms with Crippen LogP contribution < -0.4 is 4.48 Å². The van der Waals surface area contributed by atoms with Gasteiger partial charge in [0, 0.05) is 17.7 Å². The molecule has 0 N–H and O–H groups in total. The fourth-order valence-corrected chi connectivity index (χ4v) is 3.28. The van der Waals surface area contributed by atoms with E-state index in [0.29, 0.717) is 4.48 Å². The standard InChI is InChI=1S/C15H17N2O2.C7H8O3S/c1-17(2,15-6-4-3-5-7-15)12-13-8-10-14(11-9-13)16(18)19;1-6-2-4-7(5-3-6)11(8,9)10/h3-11H,12H2,1-2H3;2-5H,1H3,(H,8,9,10)/q+1;/p-1. The van der Waals surface area contributed by atoms with Crippen LogP contribution in [0.3, 0.4) is 0 Å². The van der Waals surface area contributed by atoms with Crippen LogP contribution in [0.1, 0.15) is 11.1 Å². The van der Waals surface area contributed by atoms with E-state index in [1.807, 2.05) is 37.3 Å². The van der Waals surface area contributed by atoms with Gasteiger partial charge < -0.3 is 4.55 Å². The molecule has 3 aromatic carbocycles. The van der Waals surface area contributed by atoms with E-state index < -0.39 is 10.1 Å². The minimum Gasteiger partial charge on any atom is -0.744 e. The lowest BCUT2D eigenvalue weighted by Gasteiger charge is -2.29. The van der Waals surface area contributed by atoms with Crippen molar-refractivity contribution in [3.8, 4) is 0 Å². The molecule has 0 saturated heterocycles. The van der Waals surface area contributed by atoms with Crippen LogP contribution in [0, 0.1) is 17.0 Å². The van der Waals surface area contributed by atoms with Crippen LogP contribution in [0.2, 0.25) is 0 Å². The third-order valence-corrected chi connectivity index (χ3v) is 5.34. The lowest BCUT2D eigenvalue weighted by molar-refractivity contribution is -0.384. The van der Waals surface area contributed by atoms with E-state index in [9.17, 15) is 23.1 Å². The number of benzene rings is 3. The van der Waals surface area contributed by atoms with Crippen LogP contribution in [0.25, 0.3) is 0 Å². The van der Waals surface area contributed by atoms with Gasteiger partial charge >= 0.3 is 0 Å². The van der Waals surface area contributed by atoms with E-state index in [2.05, 4.69) is 26.2 Å². The van der Waals surface area contributed by atoms with Crippen LogP contribution >= 0.6 is 0 Å². The third-order valence-electron chi connectivity index (χ3n) is 4.49. The quantitative estimate of drug-likeness (QED) is 0.262. The number of hydrogen-bond acceptors (Lipinski definition) is 5. The van der Waals surface area contributed by atoms with Gasteiger partial charge in [-0.05, 0) is 43.3 Å². The number of nitrogens with zero attached hydrogens (tertiary/aromatic N) is 2. The highest BCUT2D eigenvalue weighted by atomic mass is 32.2. The van der Waals surface area contributed by atoms with Crippen molar-refractivity contribution in [2.45, 2.75) is 18.4 Å². The lowest BCUT2D eigenvalue weighted by Crippen LogP contribution is -2.39. The first-order valence-electron chi connectivity index (χ1n) is 9.13. The summed E-state index contributed by atoms with van der Waals surface area (Å²) in [5, 5.41) is 10.6. The second kappa shape index (κ2) is 9.62. The van der Waals surface area contributed by atoms with Crippen LogP contribution in [0.5, 0.6) is 0 Å². The van der Waals surface area contributed by atoms with Gasteiger partial charge in [-0.2, -0.15) is 0 Å². The molecular weight excluding hydrogens is 404 g/mol. The summed E-state index contributed by atoms with van der Waals surface area (Å²) in [4.78, 5) is 10.1. The predicted octanol–water partition coefficient (Wildman–Crippen LogP) is 4.26. The van der Waals surface area contributed by atoms with Crippen molar-refractivity contribution >= 4 is 21.5 Å². The highest BCUT2D eigenvalue weighted by Crippen LogP contribution is 2.22. The monoisotopic (exact) mass is 428 g/mol. The van der Waals surface area contributed by atoms with Crippen LogP contribution in [0.15, 0.2) is 83.8 Å². The van der Waals surface area contributed by atoms with Gasteiger partial charge in [0.15, 0.2) is 0 Å². The van der Waals surface area contributed by atoms with Gasteiger partial charge in [0.1, 0.15) is 22.4 Å². The first-order valence-corrected chi connectivity index (χ1v) is 10.5. The summed E-state index contributed by atoms with van der Waals surface area (Å²) in [6.45, 7) is 2.61. The second-order valence-electron chi connectivity index (χ2n) is 7.37. The molecule has 0 bridgehead atoms. The minimum absolute atomic E-state index is 0.133. The molecule has 0 aliphatic carbocycles. The molecule has 0 radical (unpaired) electrons. The van der Waals surface area contributed by atoms with Crippen molar-refractivity contribution in [2.24, 2.45) is 0 Å². The predicted molar refractivity (Wildman–Crippen MR) is 116 cm³/mol. The number of nitro benzene ring substituents is 1. The Labute approximate surface area is 176 Å². The molecule has 3 rings (SSSR count). The van der Waals surface area contributed by atoms with Crippen molar-refractivity contribution < 1.29 is 17.9 Å². The summed E-state index contributed by atoms with van der Waals surface area (Å²) in [6, 6.07) is 22.7. The molecule has 0 heterocycles. The highest BCUT2D eigenvalue weighted by Gasteiger charge is 2.19. The second-order valence-corrected chi connectivity index (χ2v) is 8.75. The molecule has 0 spiro atoms. The number of aryl methyl sites for hydroxylation is 1. The fourth-order valence-electron chi connectivity index (χ4n) is 2.81. The van der Waals surface area contributed by atoms with Gasteiger partial charge in [0.25, 0.3) is 5.69 Å². The Morgan fingerprint density at radius 1 is 0.867 bits per heavy atom. The summed E-state index contributed by atoms with van der Waals surface area (Å²) in [6.07, 6.45) is 0. The molecule has 7 nitrogen and oxygen atoms in total. The zero-order valence-corrected chi connectivity index (χ0v) is 17.9. The fraction of sp³-hybridized carbons (Fsp3) is 0.182. The van der Waals surface area contributed by atoms with E-state index in [0.717, 1.165) is 17.7 Å². The van der Waals surface area contributed by atoms with Gasteiger partial charge in [0.05, 0.1) is 23.9 Å². The van der Waals surface area contributed by atoms with Gasteiger partial charge in [-0.3, -0.25) is 14.6 Å². The van der Waals surface area contributed by atoms with Crippen LogP contribution in [-0.4, -0.2) is 32.0 Å². The molecule has 3 aromatic rings. The molecular formula is C22H24N2O5S. The first kappa shape index (κ1) is 23.2. The maximum Gasteiger partial charge on any atom is 0.269 e. The number of rotatable bonds is 5. The molecule has 0 amide bonds. The van der Waals surface area contributed by atoms with E-state index in [1.54, 1.807) is 24.3 Å². The van der Waals surface area contributed by atoms with Crippen molar-refractivity contribution in [2.75, 3.05) is 14.1 Å².